The molecule has 0 unspecified atom stereocenters. The van der Waals surface area contributed by atoms with Gasteiger partial charge in [0.05, 0.1) is 0 Å². The van der Waals surface area contributed by atoms with Crippen molar-refractivity contribution in [1.82, 2.24) is 4.98 Å². The second-order valence-electron chi connectivity index (χ2n) is 4.31. The molecule has 1 aromatic rings. The van der Waals surface area contributed by atoms with Crippen molar-refractivity contribution in [1.29, 1.82) is 0 Å². The third kappa shape index (κ3) is 2.50. The maximum atomic E-state index is 6.25. The molecule has 0 saturated heterocycles. The van der Waals surface area contributed by atoms with Crippen molar-refractivity contribution >= 4 is 11.6 Å². The lowest BCUT2D eigenvalue weighted by Gasteiger charge is -2.27. The number of nitrogens with zero attached hydrogens (tertiary/aromatic N) is 1. The fourth-order valence-electron chi connectivity index (χ4n) is 2.39. The van der Waals surface area contributed by atoms with E-state index in [1.807, 2.05) is 12.1 Å². The SMILES string of the molecule is N[C@H](c1cccnc1Cl)C1CCCCC1. The minimum atomic E-state index is 0.0616. The highest BCUT2D eigenvalue weighted by atomic mass is 35.5. The fourth-order valence-corrected chi connectivity index (χ4v) is 2.64. The van der Waals surface area contributed by atoms with Crippen molar-refractivity contribution in [3.8, 4) is 0 Å². The van der Waals surface area contributed by atoms with Crippen LogP contribution in [0.15, 0.2) is 18.3 Å². The fraction of sp³-hybridized carbons (Fsp3) is 0.583. The molecule has 1 fully saturated rings. The summed E-state index contributed by atoms with van der Waals surface area (Å²) in [6.45, 7) is 0. The lowest BCUT2D eigenvalue weighted by atomic mass is 9.82. The Morgan fingerprint density at radius 3 is 2.73 bits per heavy atom. The van der Waals surface area contributed by atoms with E-state index in [9.17, 15) is 0 Å². The molecule has 0 bridgehead atoms. The molecule has 3 heteroatoms. The van der Waals surface area contributed by atoms with Crippen molar-refractivity contribution in [2.45, 2.75) is 38.1 Å². The standard InChI is InChI=1S/C12H17ClN2/c13-12-10(7-4-8-15-12)11(14)9-5-2-1-3-6-9/h4,7-9,11H,1-3,5-6,14H2/t11-/m0/s1. The van der Waals surface area contributed by atoms with E-state index in [-0.39, 0.29) is 6.04 Å². The molecule has 1 aromatic heterocycles. The van der Waals surface area contributed by atoms with Crippen LogP contribution in [0.5, 0.6) is 0 Å². The van der Waals surface area contributed by atoms with Crippen molar-refractivity contribution in [3.05, 3.63) is 29.0 Å². The molecule has 0 radical (unpaired) electrons. The van der Waals surface area contributed by atoms with E-state index in [0.717, 1.165) is 5.56 Å². The lowest BCUT2D eigenvalue weighted by molar-refractivity contribution is 0.308. The third-order valence-electron chi connectivity index (χ3n) is 3.30. The van der Waals surface area contributed by atoms with Gasteiger partial charge in [0, 0.05) is 17.8 Å². The van der Waals surface area contributed by atoms with Crippen molar-refractivity contribution in [2.24, 2.45) is 11.7 Å². The third-order valence-corrected chi connectivity index (χ3v) is 3.62. The van der Waals surface area contributed by atoms with Crippen LogP contribution in [-0.2, 0) is 0 Å². The predicted molar refractivity (Wildman–Crippen MR) is 62.8 cm³/mol. The Morgan fingerprint density at radius 2 is 2.07 bits per heavy atom. The number of rotatable bonds is 2. The van der Waals surface area contributed by atoms with Gasteiger partial charge in [-0.25, -0.2) is 4.98 Å². The largest absolute Gasteiger partial charge is 0.324 e. The molecule has 15 heavy (non-hydrogen) atoms. The summed E-state index contributed by atoms with van der Waals surface area (Å²) >= 11 is 6.05. The van der Waals surface area contributed by atoms with Gasteiger partial charge >= 0.3 is 0 Å². The lowest BCUT2D eigenvalue weighted by Crippen LogP contribution is -2.24. The zero-order valence-electron chi connectivity index (χ0n) is 8.82. The van der Waals surface area contributed by atoms with Crippen LogP contribution >= 0.6 is 11.6 Å². The van der Waals surface area contributed by atoms with Crippen LogP contribution in [0, 0.1) is 5.92 Å². The molecule has 0 aromatic carbocycles. The van der Waals surface area contributed by atoms with Gasteiger partial charge in [-0.05, 0) is 24.8 Å². The van der Waals surface area contributed by atoms with Gasteiger partial charge in [-0.2, -0.15) is 0 Å². The normalized spacial score (nSPS) is 20.1. The van der Waals surface area contributed by atoms with Crippen molar-refractivity contribution < 1.29 is 0 Å². The Bertz CT molecular complexity index is 321. The molecular formula is C12H17ClN2. The summed E-state index contributed by atoms with van der Waals surface area (Å²) in [5.41, 5.74) is 7.25. The van der Waals surface area contributed by atoms with E-state index < -0.39 is 0 Å². The van der Waals surface area contributed by atoms with E-state index in [1.165, 1.54) is 32.1 Å². The summed E-state index contributed by atoms with van der Waals surface area (Å²) in [5.74, 6) is 0.584. The van der Waals surface area contributed by atoms with Gasteiger partial charge in [0.1, 0.15) is 5.15 Å². The summed E-state index contributed by atoms with van der Waals surface area (Å²) in [6.07, 6.45) is 8.12. The Labute approximate surface area is 95.8 Å². The molecule has 1 saturated carbocycles. The quantitative estimate of drug-likeness (QED) is 0.783. The molecule has 1 atom stereocenters. The molecular weight excluding hydrogens is 208 g/mol. The monoisotopic (exact) mass is 224 g/mol. The zero-order valence-corrected chi connectivity index (χ0v) is 9.58. The van der Waals surface area contributed by atoms with Crippen LogP contribution in [-0.4, -0.2) is 4.98 Å². The van der Waals surface area contributed by atoms with Gasteiger partial charge in [-0.3, -0.25) is 0 Å². The van der Waals surface area contributed by atoms with Gasteiger partial charge < -0.3 is 5.73 Å². The zero-order chi connectivity index (χ0) is 10.7. The first-order chi connectivity index (χ1) is 7.29. The van der Waals surface area contributed by atoms with Crippen LogP contribution in [0.2, 0.25) is 5.15 Å². The molecule has 1 heterocycles. The first kappa shape index (κ1) is 10.9. The number of aromatic nitrogens is 1. The van der Waals surface area contributed by atoms with Crippen LogP contribution < -0.4 is 5.73 Å². The summed E-state index contributed by atoms with van der Waals surface area (Å²) in [6, 6.07) is 3.96. The molecule has 2 N–H and O–H groups in total. The summed E-state index contributed by atoms with van der Waals surface area (Å²) in [4.78, 5) is 4.08. The molecule has 1 aliphatic carbocycles. The minimum Gasteiger partial charge on any atom is -0.324 e. The van der Waals surface area contributed by atoms with Gasteiger partial charge in [-0.1, -0.05) is 36.9 Å². The highest BCUT2D eigenvalue weighted by molar-refractivity contribution is 6.30. The Morgan fingerprint density at radius 1 is 1.33 bits per heavy atom. The van der Waals surface area contributed by atoms with Crippen LogP contribution in [0.1, 0.15) is 43.7 Å². The second kappa shape index (κ2) is 4.95. The van der Waals surface area contributed by atoms with Gasteiger partial charge in [0.15, 0.2) is 0 Å². The van der Waals surface area contributed by atoms with Gasteiger partial charge in [0.2, 0.25) is 0 Å². The average molecular weight is 225 g/mol. The summed E-state index contributed by atoms with van der Waals surface area (Å²) < 4.78 is 0. The topological polar surface area (TPSA) is 38.9 Å². The van der Waals surface area contributed by atoms with Crippen molar-refractivity contribution in [2.75, 3.05) is 0 Å². The van der Waals surface area contributed by atoms with Crippen molar-refractivity contribution in [3.63, 3.8) is 0 Å². The molecule has 2 rings (SSSR count). The molecule has 82 valence electrons. The number of pyridine rings is 1. The Kier molecular flexibility index (Phi) is 3.60. The molecule has 0 amide bonds. The summed E-state index contributed by atoms with van der Waals surface area (Å²) in [5, 5.41) is 0.565. The maximum Gasteiger partial charge on any atom is 0.133 e. The van der Waals surface area contributed by atoms with E-state index >= 15 is 0 Å². The van der Waals surface area contributed by atoms with Gasteiger partial charge in [-0.15, -0.1) is 0 Å². The smallest absolute Gasteiger partial charge is 0.133 e. The van der Waals surface area contributed by atoms with E-state index in [4.69, 9.17) is 17.3 Å². The molecule has 2 nitrogen and oxygen atoms in total. The van der Waals surface area contributed by atoms with Crippen LogP contribution in [0.25, 0.3) is 0 Å². The van der Waals surface area contributed by atoms with Crippen LogP contribution in [0.4, 0.5) is 0 Å². The molecule has 0 aliphatic heterocycles. The molecule has 0 spiro atoms. The van der Waals surface area contributed by atoms with E-state index in [1.54, 1.807) is 6.20 Å². The number of nitrogens with two attached hydrogens (primary N) is 1. The number of hydrogen-bond donors (Lipinski definition) is 1. The first-order valence-corrected chi connectivity index (χ1v) is 6.03. The number of hydrogen-bond acceptors (Lipinski definition) is 2. The Balaban J connectivity index is 2.12. The highest BCUT2D eigenvalue weighted by Crippen LogP contribution is 2.34. The summed E-state index contributed by atoms with van der Waals surface area (Å²) in [7, 11) is 0. The average Bonchev–Trinajstić information content (AvgIpc) is 2.30. The van der Waals surface area contributed by atoms with Gasteiger partial charge in [0.25, 0.3) is 0 Å². The number of halogens is 1. The Hall–Kier alpha value is -0.600. The second-order valence-corrected chi connectivity index (χ2v) is 4.67. The molecule has 1 aliphatic rings. The van der Waals surface area contributed by atoms with E-state index in [0.29, 0.717) is 11.1 Å². The maximum absolute atomic E-state index is 6.25. The van der Waals surface area contributed by atoms with E-state index in [2.05, 4.69) is 4.98 Å². The minimum absolute atomic E-state index is 0.0616. The predicted octanol–water partition coefficient (Wildman–Crippen LogP) is 3.32. The first-order valence-electron chi connectivity index (χ1n) is 5.65. The highest BCUT2D eigenvalue weighted by Gasteiger charge is 2.23. The van der Waals surface area contributed by atoms with Crippen LogP contribution in [0.3, 0.4) is 0 Å².